The average Bonchev–Trinajstić information content (AvgIpc) is 3.40. The number of hydrogen-bond donors (Lipinski definition) is 0. The van der Waals surface area contributed by atoms with Gasteiger partial charge in [-0.05, 0) is 47.2 Å². The number of rotatable bonds is 6. The first-order valence-corrected chi connectivity index (χ1v) is 10.8. The van der Waals surface area contributed by atoms with Gasteiger partial charge in [0.15, 0.2) is 0 Å². The van der Waals surface area contributed by atoms with E-state index in [0.717, 1.165) is 5.75 Å². The van der Waals surface area contributed by atoms with Gasteiger partial charge in [0.25, 0.3) is 0 Å². The van der Waals surface area contributed by atoms with Gasteiger partial charge in [-0.2, -0.15) is 0 Å². The highest BCUT2D eigenvalue weighted by Gasteiger charge is 2.17. The van der Waals surface area contributed by atoms with Crippen LogP contribution >= 0.6 is 34.4 Å². The van der Waals surface area contributed by atoms with Gasteiger partial charge < -0.3 is 4.57 Å². The molecule has 1 nitrogen and oxygen atoms in total. The molecule has 3 heterocycles. The summed E-state index contributed by atoms with van der Waals surface area (Å²) in [6.07, 6.45) is 1.96. The summed E-state index contributed by atoms with van der Waals surface area (Å²) in [5.41, 5.74) is 3.71. The molecule has 0 spiro atoms. The molecule has 25 heavy (non-hydrogen) atoms. The molecular formula is C21H17NS3. The van der Waals surface area contributed by atoms with Crippen molar-refractivity contribution in [2.24, 2.45) is 0 Å². The quantitative estimate of drug-likeness (QED) is 0.253. The lowest BCUT2D eigenvalue weighted by atomic mass is 10.2. The Morgan fingerprint density at radius 2 is 1.48 bits per heavy atom. The number of nitrogens with zero attached hydrogens (tertiary/aromatic N) is 1. The van der Waals surface area contributed by atoms with E-state index in [1.807, 2.05) is 17.8 Å². The van der Waals surface area contributed by atoms with Gasteiger partial charge in [-0.3, -0.25) is 0 Å². The van der Waals surface area contributed by atoms with Crippen molar-refractivity contribution in [3.8, 4) is 26.8 Å². The lowest BCUT2D eigenvalue weighted by Crippen LogP contribution is -2.00. The predicted octanol–water partition coefficient (Wildman–Crippen LogP) is 7.21. The predicted molar refractivity (Wildman–Crippen MR) is 113 cm³/mol. The summed E-state index contributed by atoms with van der Waals surface area (Å²) in [5.74, 6) is 0.904. The van der Waals surface area contributed by atoms with Crippen LogP contribution in [0.2, 0.25) is 0 Å². The molecule has 0 unspecified atom stereocenters. The number of hydrogen-bond acceptors (Lipinski definition) is 3. The molecule has 4 heteroatoms. The summed E-state index contributed by atoms with van der Waals surface area (Å²) >= 11 is 5.38. The second-order valence-electron chi connectivity index (χ2n) is 5.46. The van der Waals surface area contributed by atoms with Crippen LogP contribution < -0.4 is 0 Å². The lowest BCUT2D eigenvalue weighted by Gasteiger charge is -2.16. The molecule has 124 valence electrons. The van der Waals surface area contributed by atoms with Crippen molar-refractivity contribution < 1.29 is 0 Å². The van der Waals surface area contributed by atoms with Crippen LogP contribution in [0.15, 0.2) is 89.0 Å². The number of benzene rings is 1. The van der Waals surface area contributed by atoms with Crippen molar-refractivity contribution in [3.05, 3.63) is 84.1 Å². The summed E-state index contributed by atoms with van der Waals surface area (Å²) in [5, 5.41) is 4.27. The maximum Gasteiger partial charge on any atom is 0.0635 e. The van der Waals surface area contributed by atoms with Crippen molar-refractivity contribution in [2.75, 3.05) is 5.75 Å². The highest BCUT2D eigenvalue weighted by atomic mass is 32.2. The lowest BCUT2D eigenvalue weighted by molar-refractivity contribution is 1.06. The third-order valence-corrected chi connectivity index (χ3v) is 6.73. The summed E-state index contributed by atoms with van der Waals surface area (Å²) in [7, 11) is 0. The summed E-state index contributed by atoms with van der Waals surface area (Å²) in [4.78, 5) is 3.84. The van der Waals surface area contributed by atoms with E-state index in [0.29, 0.717) is 0 Å². The Morgan fingerprint density at radius 1 is 0.840 bits per heavy atom. The van der Waals surface area contributed by atoms with Crippen LogP contribution in [0.5, 0.6) is 0 Å². The van der Waals surface area contributed by atoms with E-state index in [1.165, 1.54) is 31.7 Å². The smallest absolute Gasteiger partial charge is 0.0635 e. The molecule has 4 aromatic rings. The van der Waals surface area contributed by atoms with E-state index >= 15 is 0 Å². The van der Waals surface area contributed by atoms with Crippen molar-refractivity contribution in [2.45, 2.75) is 4.90 Å². The fraction of sp³-hybridized carbons (Fsp3) is 0.0476. The largest absolute Gasteiger partial charge is 0.307 e. The van der Waals surface area contributed by atoms with Gasteiger partial charge in [0.1, 0.15) is 0 Å². The third kappa shape index (κ3) is 3.25. The van der Waals surface area contributed by atoms with E-state index in [9.17, 15) is 0 Å². The van der Waals surface area contributed by atoms with E-state index in [-0.39, 0.29) is 0 Å². The van der Waals surface area contributed by atoms with Gasteiger partial charge in [-0.15, -0.1) is 41.0 Å². The van der Waals surface area contributed by atoms with Gasteiger partial charge in [-0.1, -0.05) is 30.3 Å². The molecule has 4 rings (SSSR count). The maximum atomic E-state index is 3.86. The molecule has 0 N–H and O–H groups in total. The minimum absolute atomic E-state index is 0.904. The number of thiophene rings is 2. The Balaban J connectivity index is 1.94. The van der Waals surface area contributed by atoms with E-state index in [4.69, 9.17) is 0 Å². The Labute approximate surface area is 160 Å². The van der Waals surface area contributed by atoms with Crippen LogP contribution in [0, 0.1) is 0 Å². The second-order valence-corrected chi connectivity index (χ2v) is 8.42. The van der Waals surface area contributed by atoms with Gasteiger partial charge in [0.05, 0.1) is 26.8 Å². The van der Waals surface area contributed by atoms with Crippen LogP contribution in [-0.4, -0.2) is 10.3 Å². The minimum Gasteiger partial charge on any atom is -0.307 e. The normalized spacial score (nSPS) is 10.9. The topological polar surface area (TPSA) is 4.93 Å². The van der Waals surface area contributed by atoms with Crippen molar-refractivity contribution in [1.29, 1.82) is 0 Å². The Hall–Kier alpha value is -2.01. The second kappa shape index (κ2) is 7.48. The molecule has 0 fully saturated rings. The van der Waals surface area contributed by atoms with Crippen LogP contribution in [-0.2, 0) is 0 Å². The highest BCUT2D eigenvalue weighted by Crippen LogP contribution is 2.38. The minimum atomic E-state index is 0.904. The van der Waals surface area contributed by atoms with Gasteiger partial charge in [-0.25, -0.2) is 0 Å². The zero-order valence-electron chi connectivity index (χ0n) is 13.6. The average molecular weight is 380 g/mol. The van der Waals surface area contributed by atoms with E-state index in [1.54, 1.807) is 22.7 Å². The highest BCUT2D eigenvalue weighted by molar-refractivity contribution is 7.99. The fourth-order valence-electron chi connectivity index (χ4n) is 2.84. The Kier molecular flexibility index (Phi) is 4.92. The molecule has 0 radical (unpaired) electrons. The molecule has 3 aromatic heterocycles. The molecule has 1 aromatic carbocycles. The first-order valence-electron chi connectivity index (χ1n) is 8.01. The molecule has 0 saturated carbocycles. The van der Waals surface area contributed by atoms with Gasteiger partial charge in [0, 0.05) is 10.6 Å². The summed E-state index contributed by atoms with van der Waals surface area (Å²) in [6.45, 7) is 3.86. The van der Waals surface area contributed by atoms with Crippen LogP contribution in [0.1, 0.15) is 0 Å². The van der Waals surface area contributed by atoms with E-state index in [2.05, 4.69) is 82.6 Å². The maximum absolute atomic E-state index is 3.86. The zero-order chi connectivity index (χ0) is 17.1. The van der Waals surface area contributed by atoms with Crippen LogP contribution in [0.3, 0.4) is 0 Å². The van der Waals surface area contributed by atoms with E-state index < -0.39 is 0 Å². The Morgan fingerprint density at radius 3 is 2.04 bits per heavy atom. The number of para-hydroxylation sites is 1. The van der Waals surface area contributed by atoms with Crippen molar-refractivity contribution in [3.63, 3.8) is 0 Å². The van der Waals surface area contributed by atoms with Crippen LogP contribution in [0.25, 0.3) is 26.8 Å². The van der Waals surface area contributed by atoms with Gasteiger partial charge in [0.2, 0.25) is 0 Å². The molecular weight excluding hydrogens is 362 g/mol. The van der Waals surface area contributed by atoms with Gasteiger partial charge >= 0.3 is 0 Å². The third-order valence-electron chi connectivity index (χ3n) is 3.89. The molecule has 0 aliphatic carbocycles. The molecule has 0 aliphatic heterocycles. The van der Waals surface area contributed by atoms with Crippen molar-refractivity contribution >= 4 is 34.4 Å². The van der Waals surface area contributed by atoms with Crippen molar-refractivity contribution in [1.82, 2.24) is 4.57 Å². The molecule has 0 atom stereocenters. The molecule has 0 bridgehead atoms. The Bertz CT molecular complexity index is 911. The molecule has 0 saturated heterocycles. The standard InChI is InChI=1S/C21H17NS3/c1-2-13-23-19-8-4-3-7-16(19)22-17(20-9-5-14-24-20)11-12-18(22)21-10-6-15-25-21/h2-12,14-15H,1,13H2. The zero-order valence-corrected chi connectivity index (χ0v) is 16.0. The van der Waals surface area contributed by atoms with Crippen LogP contribution in [0.4, 0.5) is 0 Å². The number of aromatic nitrogens is 1. The first kappa shape index (κ1) is 16.5. The number of thioether (sulfide) groups is 1. The fourth-order valence-corrected chi connectivity index (χ4v) is 5.10. The summed E-state index contributed by atoms with van der Waals surface area (Å²) in [6, 6.07) is 21.7. The monoisotopic (exact) mass is 379 g/mol. The molecule has 0 amide bonds. The summed E-state index contributed by atoms with van der Waals surface area (Å²) < 4.78 is 2.39. The first-order chi connectivity index (χ1) is 12.4. The SMILES string of the molecule is C=CCSc1ccccc1-n1c(-c2cccs2)ccc1-c1cccs1. The molecule has 0 aliphatic rings.